The minimum Gasteiger partial charge on any atom is -0.479 e. The quantitative estimate of drug-likeness (QED) is 0.184. The van der Waals surface area contributed by atoms with Crippen LogP contribution in [0.25, 0.3) is 0 Å². The Kier molecular flexibility index (Phi) is 18.7. The fourth-order valence-corrected chi connectivity index (χ4v) is 3.41. The summed E-state index contributed by atoms with van der Waals surface area (Å²) in [6.45, 7) is 2.26. The van der Waals surface area contributed by atoms with Gasteiger partial charge in [0.15, 0.2) is 6.10 Å². The molecule has 4 N–H and O–H groups in total. The van der Waals surface area contributed by atoms with Gasteiger partial charge in [0.25, 0.3) is 0 Å². The average molecular weight is 467 g/mol. The lowest BCUT2D eigenvalue weighted by Gasteiger charge is -2.05. The molecule has 0 aromatic heterocycles. The van der Waals surface area contributed by atoms with E-state index in [0.717, 1.165) is 12.8 Å². The lowest BCUT2D eigenvalue weighted by atomic mass is 10.0. The maximum absolute atomic E-state index is 10.4. The second-order valence-electron chi connectivity index (χ2n) is 8.43. The maximum Gasteiger partial charge on any atom is 0.335 e. The smallest absolute Gasteiger partial charge is 0.335 e. The Balaban J connectivity index is 0.000000716. The van der Waals surface area contributed by atoms with Crippen molar-refractivity contribution >= 4 is 17.9 Å². The summed E-state index contributed by atoms with van der Waals surface area (Å²) in [5.41, 5.74) is 0.167. The molecule has 7 heteroatoms. The summed E-state index contributed by atoms with van der Waals surface area (Å²) in [6, 6.07) is 5.02. The first-order chi connectivity index (χ1) is 15.8. The molecule has 7 nitrogen and oxygen atoms in total. The van der Waals surface area contributed by atoms with E-state index in [1.165, 1.54) is 101 Å². The molecule has 0 saturated carbocycles. The van der Waals surface area contributed by atoms with Crippen LogP contribution in [-0.4, -0.2) is 44.4 Å². The van der Waals surface area contributed by atoms with E-state index in [0.29, 0.717) is 6.42 Å². The molecule has 1 aromatic carbocycles. The Morgan fingerprint density at radius 1 is 0.606 bits per heavy atom. The zero-order valence-corrected chi connectivity index (χ0v) is 20.0. The molecule has 0 heterocycles. The van der Waals surface area contributed by atoms with Crippen molar-refractivity contribution in [1.29, 1.82) is 0 Å². The molecule has 0 aliphatic heterocycles. The van der Waals surface area contributed by atoms with Crippen molar-refractivity contribution in [3.8, 4) is 0 Å². The van der Waals surface area contributed by atoms with Gasteiger partial charge in [0.2, 0.25) is 0 Å². The number of aliphatic carboxylic acids is 1. The standard InChI is InChI=1S/C18H36O3.C8H6O4/c1-2-3-4-5-6-7-8-9-10-11-12-13-14-15-16-17(19)18(20)21;9-7(10)5-1-2-6(4-3-5)8(11)12/h17,19H,2-16H2,1H3,(H,20,21);1-4H,(H,9,10)(H,11,12). The van der Waals surface area contributed by atoms with Crippen LogP contribution in [0.3, 0.4) is 0 Å². The van der Waals surface area contributed by atoms with E-state index in [4.69, 9.17) is 20.4 Å². The van der Waals surface area contributed by atoms with Crippen molar-refractivity contribution in [3.05, 3.63) is 35.4 Å². The normalized spacial score (nSPS) is 11.3. The largest absolute Gasteiger partial charge is 0.479 e. The van der Waals surface area contributed by atoms with E-state index < -0.39 is 24.0 Å². The number of rotatable bonds is 18. The van der Waals surface area contributed by atoms with Gasteiger partial charge in [0, 0.05) is 0 Å². The van der Waals surface area contributed by atoms with Crippen LogP contribution >= 0.6 is 0 Å². The van der Waals surface area contributed by atoms with Gasteiger partial charge >= 0.3 is 17.9 Å². The van der Waals surface area contributed by atoms with E-state index in [9.17, 15) is 14.4 Å². The Hall–Kier alpha value is -2.41. The van der Waals surface area contributed by atoms with Crippen LogP contribution in [0.5, 0.6) is 0 Å². The first-order valence-corrected chi connectivity index (χ1v) is 12.3. The average Bonchev–Trinajstić information content (AvgIpc) is 2.79. The molecule has 0 radical (unpaired) electrons. The lowest BCUT2D eigenvalue weighted by Crippen LogP contribution is -2.18. The Morgan fingerprint density at radius 3 is 1.18 bits per heavy atom. The predicted molar refractivity (Wildman–Crippen MR) is 129 cm³/mol. The minimum atomic E-state index is -1.16. The van der Waals surface area contributed by atoms with Crippen LogP contribution in [-0.2, 0) is 4.79 Å². The zero-order chi connectivity index (χ0) is 24.9. The van der Waals surface area contributed by atoms with Gasteiger partial charge in [-0.3, -0.25) is 0 Å². The number of hydrogen-bond donors (Lipinski definition) is 4. The molecule has 0 spiro atoms. The molecule has 0 amide bonds. The van der Waals surface area contributed by atoms with Crippen LogP contribution in [0.4, 0.5) is 0 Å². The highest BCUT2D eigenvalue weighted by Crippen LogP contribution is 2.13. The van der Waals surface area contributed by atoms with Crippen LogP contribution in [0, 0.1) is 0 Å². The molecule has 0 aliphatic rings. The van der Waals surface area contributed by atoms with Gasteiger partial charge < -0.3 is 20.4 Å². The van der Waals surface area contributed by atoms with Gasteiger partial charge in [0.1, 0.15) is 0 Å². The monoisotopic (exact) mass is 466 g/mol. The molecule has 1 unspecified atom stereocenters. The third kappa shape index (κ3) is 17.8. The highest BCUT2D eigenvalue weighted by molar-refractivity contribution is 5.91. The third-order valence-electron chi connectivity index (χ3n) is 5.49. The molecule has 1 aromatic rings. The van der Waals surface area contributed by atoms with E-state index in [2.05, 4.69) is 6.92 Å². The highest BCUT2D eigenvalue weighted by Gasteiger charge is 2.11. The van der Waals surface area contributed by atoms with Gasteiger partial charge in [-0.15, -0.1) is 0 Å². The van der Waals surface area contributed by atoms with Gasteiger partial charge in [-0.05, 0) is 30.7 Å². The van der Waals surface area contributed by atoms with Gasteiger partial charge in [-0.1, -0.05) is 96.8 Å². The van der Waals surface area contributed by atoms with Crippen LogP contribution in [0.2, 0.25) is 0 Å². The van der Waals surface area contributed by atoms with Gasteiger partial charge in [-0.2, -0.15) is 0 Å². The Bertz CT molecular complexity index is 622. The van der Waals surface area contributed by atoms with Crippen LogP contribution in [0.15, 0.2) is 24.3 Å². The summed E-state index contributed by atoms with van der Waals surface area (Å²) in [7, 11) is 0. The fraction of sp³-hybridized carbons (Fsp3) is 0.654. The predicted octanol–water partition coefficient (Wildman–Crippen LogP) is 6.39. The topological polar surface area (TPSA) is 132 Å². The number of aliphatic hydroxyl groups is 1. The van der Waals surface area contributed by atoms with Crippen molar-refractivity contribution < 1.29 is 34.8 Å². The Morgan fingerprint density at radius 2 is 0.909 bits per heavy atom. The minimum absolute atomic E-state index is 0.0833. The SMILES string of the molecule is CCCCCCCCCCCCCCCCC(O)C(=O)O.O=C(O)c1ccc(C(=O)O)cc1. The van der Waals surface area contributed by atoms with E-state index in [-0.39, 0.29) is 11.1 Å². The summed E-state index contributed by atoms with van der Waals surface area (Å²) in [4.78, 5) is 31.1. The third-order valence-corrected chi connectivity index (χ3v) is 5.49. The van der Waals surface area contributed by atoms with E-state index in [1.54, 1.807) is 0 Å². The second kappa shape index (κ2) is 20.2. The molecule has 1 rings (SSSR count). The number of carboxylic acid groups (broad SMARTS) is 3. The van der Waals surface area contributed by atoms with Crippen molar-refractivity contribution in [3.63, 3.8) is 0 Å². The number of carbonyl (C=O) groups is 3. The number of carboxylic acids is 3. The second-order valence-corrected chi connectivity index (χ2v) is 8.43. The first kappa shape index (κ1) is 30.6. The molecular weight excluding hydrogens is 424 g/mol. The Labute approximate surface area is 197 Å². The molecule has 33 heavy (non-hydrogen) atoms. The fourth-order valence-electron chi connectivity index (χ4n) is 3.41. The van der Waals surface area contributed by atoms with E-state index >= 15 is 0 Å². The van der Waals surface area contributed by atoms with Crippen molar-refractivity contribution in [1.82, 2.24) is 0 Å². The molecule has 1 atom stereocenters. The molecule has 0 fully saturated rings. The summed E-state index contributed by atoms with van der Waals surface area (Å²) < 4.78 is 0. The number of aromatic carboxylic acids is 2. The van der Waals surface area contributed by atoms with Crippen LogP contribution in [0.1, 0.15) is 124 Å². The number of hydrogen-bond acceptors (Lipinski definition) is 4. The van der Waals surface area contributed by atoms with Gasteiger partial charge in [-0.25, -0.2) is 14.4 Å². The molecule has 188 valence electrons. The number of unbranched alkanes of at least 4 members (excludes halogenated alkanes) is 13. The van der Waals surface area contributed by atoms with Gasteiger partial charge in [0.05, 0.1) is 11.1 Å². The van der Waals surface area contributed by atoms with Crippen LogP contribution < -0.4 is 0 Å². The van der Waals surface area contributed by atoms with E-state index in [1.807, 2.05) is 0 Å². The number of aliphatic hydroxyl groups excluding tert-OH is 1. The van der Waals surface area contributed by atoms with Crippen molar-refractivity contribution in [2.75, 3.05) is 0 Å². The van der Waals surface area contributed by atoms with Crippen molar-refractivity contribution in [2.45, 2.75) is 109 Å². The zero-order valence-electron chi connectivity index (χ0n) is 20.0. The highest BCUT2D eigenvalue weighted by atomic mass is 16.4. The summed E-state index contributed by atoms with van der Waals surface area (Å²) in [6.07, 6.45) is 17.3. The first-order valence-electron chi connectivity index (χ1n) is 12.3. The van der Waals surface area contributed by atoms with Crippen molar-refractivity contribution in [2.24, 2.45) is 0 Å². The summed E-state index contributed by atoms with van der Waals surface area (Å²) in [5.74, 6) is -3.22. The molecular formula is C26H42O7. The maximum atomic E-state index is 10.4. The summed E-state index contributed by atoms with van der Waals surface area (Å²) in [5, 5.41) is 34.6. The lowest BCUT2D eigenvalue weighted by molar-refractivity contribution is -0.146. The molecule has 0 aliphatic carbocycles. The summed E-state index contributed by atoms with van der Waals surface area (Å²) >= 11 is 0. The molecule has 0 bridgehead atoms. The molecule has 0 saturated heterocycles. The number of benzene rings is 1.